The largest absolute Gasteiger partial charge is 0.472 e. The highest BCUT2D eigenvalue weighted by molar-refractivity contribution is 7.47. The molecular formula is C38H69O9P. The molecule has 3 unspecified atom stereocenters. The Balaban J connectivity index is 4.27. The molecule has 3 atom stereocenters. The van der Waals surface area contributed by atoms with Gasteiger partial charge in [0.15, 0.2) is 0 Å². The summed E-state index contributed by atoms with van der Waals surface area (Å²) in [6, 6.07) is 0. The number of allylic oxidation sites excluding steroid dienone is 8. The SMILES string of the molecule is CC/C=C\C/C=C\C/C=C\CCCCCCCCOCC(COP(=O)(O)OCC(O)CO)OC(=O)CCCCCCC/C=C\CCCC. The third-order valence-electron chi connectivity index (χ3n) is 7.50. The third-order valence-corrected chi connectivity index (χ3v) is 8.45. The van der Waals surface area contributed by atoms with Crippen molar-refractivity contribution in [3.63, 3.8) is 0 Å². The Kier molecular flexibility index (Phi) is 34.1. The molecule has 0 aliphatic rings. The summed E-state index contributed by atoms with van der Waals surface area (Å²) in [7, 11) is -4.52. The maximum Gasteiger partial charge on any atom is 0.472 e. The van der Waals surface area contributed by atoms with Gasteiger partial charge in [-0.05, 0) is 64.2 Å². The van der Waals surface area contributed by atoms with Gasteiger partial charge in [-0.3, -0.25) is 13.8 Å². The van der Waals surface area contributed by atoms with Crippen LogP contribution in [0, 0.1) is 0 Å². The Bertz CT molecular complexity index is 887. The van der Waals surface area contributed by atoms with Crippen molar-refractivity contribution in [2.75, 3.05) is 33.0 Å². The molecule has 9 nitrogen and oxygen atoms in total. The van der Waals surface area contributed by atoms with Gasteiger partial charge in [-0.15, -0.1) is 0 Å². The van der Waals surface area contributed by atoms with Gasteiger partial charge in [-0.25, -0.2) is 4.57 Å². The minimum atomic E-state index is -4.52. The number of carbonyl (C=O) groups is 1. The number of phosphoric ester groups is 1. The molecular weight excluding hydrogens is 631 g/mol. The van der Waals surface area contributed by atoms with Crippen LogP contribution in [0.15, 0.2) is 48.6 Å². The summed E-state index contributed by atoms with van der Waals surface area (Å²) in [4.78, 5) is 22.4. The van der Waals surface area contributed by atoms with Gasteiger partial charge in [0, 0.05) is 13.0 Å². The molecule has 0 aromatic heterocycles. The molecule has 0 bridgehead atoms. The number of aliphatic hydroxyl groups is 2. The van der Waals surface area contributed by atoms with Crippen molar-refractivity contribution in [3.05, 3.63) is 48.6 Å². The molecule has 48 heavy (non-hydrogen) atoms. The Labute approximate surface area is 292 Å². The summed E-state index contributed by atoms with van der Waals surface area (Å²) in [5, 5.41) is 18.3. The van der Waals surface area contributed by atoms with Gasteiger partial charge in [0.25, 0.3) is 0 Å². The highest BCUT2D eigenvalue weighted by atomic mass is 31.2. The second-order valence-electron chi connectivity index (χ2n) is 12.2. The standard InChI is InChI=1S/C38H69O9P/c1-3-5-7-9-11-13-15-16-17-18-19-21-23-25-27-29-31-44-34-37(35-46-48(42,43)45-33-36(40)32-39)47-38(41)30-28-26-24-22-20-14-12-10-8-6-4-2/h5,7,10-13,16-17,36-37,39-40H,3-4,6,8-9,14-15,18-35H2,1-2H3,(H,42,43)/b7-5-,12-10-,13-11-,17-16-. The lowest BCUT2D eigenvalue weighted by Crippen LogP contribution is -2.29. The number of rotatable bonds is 35. The zero-order chi connectivity index (χ0) is 35.4. The van der Waals surface area contributed by atoms with Crippen molar-refractivity contribution in [1.82, 2.24) is 0 Å². The van der Waals surface area contributed by atoms with Gasteiger partial charge < -0.3 is 24.6 Å². The summed E-state index contributed by atoms with van der Waals surface area (Å²) in [6.45, 7) is 3.30. The minimum absolute atomic E-state index is 0.0355. The van der Waals surface area contributed by atoms with Crippen molar-refractivity contribution in [2.45, 2.75) is 154 Å². The molecule has 280 valence electrons. The zero-order valence-corrected chi connectivity index (χ0v) is 31.1. The van der Waals surface area contributed by atoms with E-state index in [1.807, 2.05) is 0 Å². The summed E-state index contributed by atoms with van der Waals surface area (Å²) >= 11 is 0. The Hall–Kier alpha value is -1.58. The lowest BCUT2D eigenvalue weighted by atomic mass is 10.1. The van der Waals surface area contributed by atoms with Crippen molar-refractivity contribution < 1.29 is 43.0 Å². The van der Waals surface area contributed by atoms with Crippen LogP contribution >= 0.6 is 7.82 Å². The van der Waals surface area contributed by atoms with Gasteiger partial charge in [-0.1, -0.05) is 120 Å². The van der Waals surface area contributed by atoms with Crippen LogP contribution in [-0.2, 0) is 27.9 Å². The molecule has 0 aliphatic heterocycles. The smallest absolute Gasteiger partial charge is 0.457 e. The van der Waals surface area contributed by atoms with E-state index >= 15 is 0 Å². The molecule has 0 aliphatic carbocycles. The fourth-order valence-electron chi connectivity index (χ4n) is 4.64. The van der Waals surface area contributed by atoms with Gasteiger partial charge in [0.2, 0.25) is 0 Å². The van der Waals surface area contributed by atoms with Gasteiger partial charge in [0.1, 0.15) is 12.2 Å². The van der Waals surface area contributed by atoms with Crippen molar-refractivity contribution >= 4 is 13.8 Å². The number of carbonyl (C=O) groups excluding carboxylic acids is 1. The number of phosphoric acid groups is 1. The van der Waals surface area contributed by atoms with E-state index in [1.165, 1.54) is 32.1 Å². The number of ether oxygens (including phenoxy) is 2. The number of esters is 1. The second-order valence-corrected chi connectivity index (χ2v) is 13.7. The molecule has 0 heterocycles. The first-order chi connectivity index (χ1) is 23.3. The summed E-state index contributed by atoms with van der Waals surface area (Å²) in [6.07, 6.45) is 36.4. The first-order valence-corrected chi connectivity index (χ1v) is 20.1. The third kappa shape index (κ3) is 34.3. The van der Waals surface area contributed by atoms with E-state index in [1.54, 1.807) is 0 Å². The second kappa shape index (κ2) is 35.3. The van der Waals surface area contributed by atoms with Gasteiger partial charge >= 0.3 is 13.8 Å². The Morgan fingerprint density at radius 1 is 0.667 bits per heavy atom. The zero-order valence-electron chi connectivity index (χ0n) is 30.2. The van der Waals surface area contributed by atoms with E-state index < -0.39 is 39.2 Å². The molecule has 0 aromatic carbocycles. The number of hydrogen-bond acceptors (Lipinski definition) is 8. The topological polar surface area (TPSA) is 132 Å². The lowest BCUT2D eigenvalue weighted by Gasteiger charge is -2.20. The van der Waals surface area contributed by atoms with Crippen LogP contribution in [0.2, 0.25) is 0 Å². The van der Waals surface area contributed by atoms with E-state index in [-0.39, 0.29) is 19.6 Å². The average Bonchev–Trinajstić information content (AvgIpc) is 3.07. The molecule has 0 rings (SSSR count). The molecule has 0 saturated heterocycles. The normalized spacial score (nSPS) is 14.9. The Morgan fingerprint density at radius 3 is 1.81 bits per heavy atom. The minimum Gasteiger partial charge on any atom is -0.457 e. The number of unbranched alkanes of at least 4 members (excludes halogenated alkanes) is 13. The molecule has 10 heteroatoms. The first-order valence-electron chi connectivity index (χ1n) is 18.6. The monoisotopic (exact) mass is 700 g/mol. The van der Waals surface area contributed by atoms with Crippen LogP contribution in [0.5, 0.6) is 0 Å². The average molecular weight is 701 g/mol. The van der Waals surface area contributed by atoms with Crippen LogP contribution in [-0.4, -0.2) is 66.3 Å². The first kappa shape index (κ1) is 46.4. The van der Waals surface area contributed by atoms with Crippen molar-refractivity contribution in [3.8, 4) is 0 Å². The lowest BCUT2D eigenvalue weighted by molar-refractivity contribution is -0.154. The summed E-state index contributed by atoms with van der Waals surface area (Å²) in [5.41, 5.74) is 0. The molecule has 0 aromatic rings. The number of aliphatic hydroxyl groups excluding tert-OH is 2. The number of hydrogen-bond donors (Lipinski definition) is 3. The molecule has 0 fully saturated rings. The van der Waals surface area contributed by atoms with Gasteiger partial charge in [-0.2, -0.15) is 0 Å². The van der Waals surface area contributed by atoms with Crippen LogP contribution in [0.3, 0.4) is 0 Å². The maximum atomic E-state index is 12.5. The van der Waals surface area contributed by atoms with E-state index in [9.17, 15) is 19.4 Å². The quantitative estimate of drug-likeness (QED) is 0.0256. The molecule has 0 saturated carbocycles. The highest BCUT2D eigenvalue weighted by Crippen LogP contribution is 2.43. The summed E-state index contributed by atoms with van der Waals surface area (Å²) in [5.74, 6) is -0.401. The molecule has 0 amide bonds. The van der Waals surface area contributed by atoms with Crippen molar-refractivity contribution in [1.29, 1.82) is 0 Å². The fraction of sp³-hybridized carbons (Fsp3) is 0.763. The Morgan fingerprint density at radius 2 is 1.19 bits per heavy atom. The predicted octanol–water partition coefficient (Wildman–Crippen LogP) is 9.47. The van der Waals surface area contributed by atoms with Gasteiger partial charge in [0.05, 0.1) is 26.4 Å². The molecule has 3 N–H and O–H groups in total. The molecule has 0 spiro atoms. The summed E-state index contributed by atoms with van der Waals surface area (Å²) < 4.78 is 33.2. The van der Waals surface area contributed by atoms with Crippen LogP contribution in [0.1, 0.15) is 142 Å². The van der Waals surface area contributed by atoms with E-state index in [2.05, 4.69) is 62.5 Å². The van der Waals surface area contributed by atoms with E-state index in [0.717, 1.165) is 83.5 Å². The fourth-order valence-corrected chi connectivity index (χ4v) is 5.43. The van der Waals surface area contributed by atoms with E-state index in [0.29, 0.717) is 13.0 Å². The van der Waals surface area contributed by atoms with Crippen LogP contribution < -0.4 is 0 Å². The molecule has 0 radical (unpaired) electrons. The highest BCUT2D eigenvalue weighted by Gasteiger charge is 2.26. The van der Waals surface area contributed by atoms with Crippen LogP contribution in [0.4, 0.5) is 0 Å². The maximum absolute atomic E-state index is 12.5. The van der Waals surface area contributed by atoms with Crippen molar-refractivity contribution in [2.24, 2.45) is 0 Å². The van der Waals surface area contributed by atoms with Crippen LogP contribution in [0.25, 0.3) is 0 Å². The van der Waals surface area contributed by atoms with E-state index in [4.69, 9.17) is 23.6 Å². The predicted molar refractivity (Wildman–Crippen MR) is 196 cm³/mol.